The standard InChI is InChI=1S/C18H17BrN2O3S/c1-4-9-24-17(23)14-10(2)20-18-21(16(22)11(3)25-18)15(14)12-5-7-13(19)8-6-12/h4-8,11,15H,1,9H2,2-3H3. The number of amides is 1. The average Bonchev–Trinajstić information content (AvgIpc) is 2.86. The number of carbonyl (C=O) groups excluding carboxylic acids is 2. The number of aliphatic imine (C=N–C) groups is 1. The lowest BCUT2D eigenvalue weighted by molar-refractivity contribution is -0.139. The summed E-state index contributed by atoms with van der Waals surface area (Å²) < 4.78 is 6.17. The second kappa shape index (κ2) is 7.17. The van der Waals surface area contributed by atoms with Crippen molar-refractivity contribution in [3.63, 3.8) is 0 Å². The molecule has 25 heavy (non-hydrogen) atoms. The van der Waals surface area contributed by atoms with Gasteiger partial charge in [0.05, 0.1) is 22.6 Å². The van der Waals surface area contributed by atoms with Crippen LogP contribution in [0.5, 0.6) is 0 Å². The summed E-state index contributed by atoms with van der Waals surface area (Å²) in [5.74, 6) is -0.538. The van der Waals surface area contributed by atoms with Crippen LogP contribution in [0.2, 0.25) is 0 Å². The number of ether oxygens (including phenoxy) is 1. The van der Waals surface area contributed by atoms with Crippen LogP contribution in [0.4, 0.5) is 0 Å². The number of rotatable bonds is 4. The number of carbonyl (C=O) groups is 2. The van der Waals surface area contributed by atoms with Gasteiger partial charge in [-0.05, 0) is 31.5 Å². The molecule has 2 unspecified atom stereocenters. The fraction of sp³-hybridized carbons (Fsp3) is 0.278. The molecule has 5 nitrogen and oxygen atoms in total. The molecule has 0 saturated carbocycles. The molecule has 2 aliphatic heterocycles. The Kier molecular flexibility index (Phi) is 5.15. The number of nitrogens with zero attached hydrogens (tertiary/aromatic N) is 2. The lowest BCUT2D eigenvalue weighted by Crippen LogP contribution is -2.40. The van der Waals surface area contributed by atoms with Crippen LogP contribution < -0.4 is 0 Å². The molecule has 3 rings (SSSR count). The van der Waals surface area contributed by atoms with Crippen molar-refractivity contribution in [3.8, 4) is 0 Å². The number of esters is 1. The Morgan fingerprint density at radius 2 is 2.12 bits per heavy atom. The van der Waals surface area contributed by atoms with E-state index in [1.807, 2.05) is 31.2 Å². The van der Waals surface area contributed by atoms with Gasteiger partial charge in [-0.3, -0.25) is 9.69 Å². The maximum absolute atomic E-state index is 12.7. The molecule has 2 atom stereocenters. The van der Waals surface area contributed by atoms with E-state index in [2.05, 4.69) is 27.5 Å². The molecule has 1 aromatic rings. The van der Waals surface area contributed by atoms with Gasteiger partial charge in [-0.25, -0.2) is 9.79 Å². The van der Waals surface area contributed by atoms with Crippen LogP contribution >= 0.6 is 27.7 Å². The summed E-state index contributed by atoms with van der Waals surface area (Å²) in [6.45, 7) is 7.29. The second-order valence-corrected chi connectivity index (χ2v) is 7.93. The molecule has 1 aromatic carbocycles. The predicted molar refractivity (Wildman–Crippen MR) is 102 cm³/mol. The highest BCUT2D eigenvalue weighted by atomic mass is 79.9. The fourth-order valence-electron chi connectivity index (χ4n) is 2.84. The van der Waals surface area contributed by atoms with Gasteiger partial charge >= 0.3 is 5.97 Å². The van der Waals surface area contributed by atoms with Gasteiger partial charge in [0.15, 0.2) is 5.17 Å². The molecule has 7 heteroatoms. The van der Waals surface area contributed by atoms with Crippen molar-refractivity contribution < 1.29 is 14.3 Å². The van der Waals surface area contributed by atoms with Crippen molar-refractivity contribution in [2.75, 3.05) is 6.61 Å². The number of hydrogen-bond donors (Lipinski definition) is 0. The van der Waals surface area contributed by atoms with Crippen molar-refractivity contribution in [2.24, 2.45) is 4.99 Å². The van der Waals surface area contributed by atoms with Crippen molar-refractivity contribution in [1.29, 1.82) is 0 Å². The number of fused-ring (bicyclic) bond motifs is 1. The molecule has 1 saturated heterocycles. The fourth-order valence-corrected chi connectivity index (χ4v) is 4.13. The first kappa shape index (κ1) is 17.9. The van der Waals surface area contributed by atoms with E-state index in [9.17, 15) is 9.59 Å². The molecule has 0 aromatic heterocycles. The van der Waals surface area contributed by atoms with E-state index >= 15 is 0 Å². The zero-order chi connectivity index (χ0) is 18.1. The van der Waals surface area contributed by atoms with Crippen LogP contribution in [0.15, 0.2) is 57.7 Å². The van der Waals surface area contributed by atoms with Gasteiger partial charge in [-0.2, -0.15) is 0 Å². The topological polar surface area (TPSA) is 59.0 Å². The predicted octanol–water partition coefficient (Wildman–Crippen LogP) is 3.83. The number of hydrogen-bond acceptors (Lipinski definition) is 5. The molecule has 0 aliphatic carbocycles. The molecule has 0 N–H and O–H groups in total. The quantitative estimate of drug-likeness (QED) is 0.548. The largest absolute Gasteiger partial charge is 0.458 e. The molecule has 130 valence electrons. The third-order valence-corrected chi connectivity index (χ3v) is 5.58. The summed E-state index contributed by atoms with van der Waals surface area (Å²) in [5.41, 5.74) is 1.79. The van der Waals surface area contributed by atoms with Crippen LogP contribution in [0.25, 0.3) is 0 Å². The van der Waals surface area contributed by atoms with E-state index < -0.39 is 12.0 Å². The Balaban J connectivity index is 2.11. The van der Waals surface area contributed by atoms with Gasteiger partial charge < -0.3 is 4.74 Å². The summed E-state index contributed by atoms with van der Waals surface area (Å²) in [5, 5.41) is 0.399. The lowest BCUT2D eigenvalue weighted by atomic mass is 9.94. The molecule has 0 spiro atoms. The Labute approximate surface area is 159 Å². The third-order valence-electron chi connectivity index (χ3n) is 4.00. The molecule has 1 amide bonds. The smallest absolute Gasteiger partial charge is 0.338 e. The average molecular weight is 421 g/mol. The second-order valence-electron chi connectivity index (χ2n) is 5.70. The number of benzene rings is 1. The van der Waals surface area contributed by atoms with Gasteiger partial charge in [0.2, 0.25) is 5.91 Å². The highest BCUT2D eigenvalue weighted by Crippen LogP contribution is 2.43. The van der Waals surface area contributed by atoms with Gasteiger partial charge in [-0.15, -0.1) is 0 Å². The maximum atomic E-state index is 12.7. The van der Waals surface area contributed by atoms with Crippen LogP contribution in [-0.4, -0.2) is 33.8 Å². The minimum atomic E-state index is -0.539. The Bertz CT molecular complexity index is 801. The maximum Gasteiger partial charge on any atom is 0.338 e. The van der Waals surface area contributed by atoms with Crippen molar-refractivity contribution in [1.82, 2.24) is 4.90 Å². The number of allylic oxidation sites excluding steroid dienone is 1. The van der Waals surface area contributed by atoms with Gasteiger partial charge in [0.1, 0.15) is 6.61 Å². The van der Waals surface area contributed by atoms with Crippen LogP contribution in [0.3, 0.4) is 0 Å². The zero-order valence-electron chi connectivity index (χ0n) is 13.9. The van der Waals surface area contributed by atoms with Gasteiger partial charge in [-0.1, -0.05) is 52.5 Å². The first-order valence-electron chi connectivity index (χ1n) is 7.76. The Morgan fingerprint density at radius 1 is 1.44 bits per heavy atom. The Hall–Kier alpha value is -1.86. The summed E-state index contributed by atoms with van der Waals surface area (Å²) in [4.78, 5) is 31.4. The van der Waals surface area contributed by atoms with E-state index in [-0.39, 0.29) is 17.8 Å². The third kappa shape index (κ3) is 3.30. The minimum absolute atomic E-state index is 0.0572. The summed E-state index contributed by atoms with van der Waals surface area (Å²) in [7, 11) is 0. The van der Waals surface area contributed by atoms with Crippen molar-refractivity contribution >= 4 is 44.7 Å². The van der Waals surface area contributed by atoms with Crippen molar-refractivity contribution in [2.45, 2.75) is 25.1 Å². The summed E-state index contributed by atoms with van der Waals surface area (Å²) in [6.07, 6.45) is 1.51. The van der Waals surface area contributed by atoms with E-state index in [4.69, 9.17) is 4.74 Å². The molecule has 1 fully saturated rings. The minimum Gasteiger partial charge on any atom is -0.458 e. The van der Waals surface area contributed by atoms with Crippen LogP contribution in [0.1, 0.15) is 25.5 Å². The van der Waals surface area contributed by atoms with Crippen molar-refractivity contribution in [3.05, 3.63) is 58.2 Å². The monoisotopic (exact) mass is 420 g/mol. The van der Waals surface area contributed by atoms with Gasteiger partial charge in [0.25, 0.3) is 0 Å². The van der Waals surface area contributed by atoms with E-state index in [0.717, 1.165) is 10.0 Å². The number of thioether (sulfide) groups is 1. The Morgan fingerprint density at radius 3 is 2.76 bits per heavy atom. The SMILES string of the molecule is C=CCOC(=O)C1=C(C)N=C2SC(C)C(=O)N2C1c1ccc(Br)cc1. The molecule has 0 radical (unpaired) electrons. The summed E-state index contributed by atoms with van der Waals surface area (Å²) >= 11 is 4.82. The molecular weight excluding hydrogens is 404 g/mol. The van der Waals surface area contributed by atoms with Crippen LogP contribution in [-0.2, 0) is 14.3 Å². The van der Waals surface area contributed by atoms with Gasteiger partial charge in [0, 0.05) is 4.47 Å². The molecular formula is C18H17BrN2O3S. The molecule has 2 heterocycles. The van der Waals surface area contributed by atoms with Crippen LogP contribution in [0, 0.1) is 0 Å². The highest BCUT2D eigenvalue weighted by molar-refractivity contribution is 9.10. The molecule has 0 bridgehead atoms. The number of amidine groups is 1. The van der Waals surface area contributed by atoms with E-state index in [0.29, 0.717) is 16.4 Å². The number of halogens is 1. The first-order chi connectivity index (χ1) is 11.9. The molecule has 2 aliphatic rings. The lowest BCUT2D eigenvalue weighted by Gasteiger charge is -2.33. The summed E-state index contributed by atoms with van der Waals surface area (Å²) in [6, 6.07) is 7.03. The van der Waals surface area contributed by atoms with E-state index in [1.54, 1.807) is 11.8 Å². The normalized spacial score (nSPS) is 22.6. The zero-order valence-corrected chi connectivity index (χ0v) is 16.3. The highest BCUT2D eigenvalue weighted by Gasteiger charge is 2.46. The van der Waals surface area contributed by atoms with E-state index in [1.165, 1.54) is 17.8 Å². The first-order valence-corrected chi connectivity index (χ1v) is 9.44.